The number of carbonyl (C=O) groups is 1. The molecule has 0 saturated carbocycles. The lowest BCUT2D eigenvalue weighted by molar-refractivity contribution is -0.0201. The molecule has 0 radical (unpaired) electrons. The van der Waals surface area contributed by atoms with Crippen LogP contribution in [0.5, 0.6) is 0 Å². The molecule has 1 aliphatic heterocycles. The fraction of sp³-hybridized carbons (Fsp3) is 0.933. The molecule has 0 spiro atoms. The summed E-state index contributed by atoms with van der Waals surface area (Å²) in [7, 11) is 0. The molecule has 5 nitrogen and oxygen atoms in total. The van der Waals surface area contributed by atoms with Crippen molar-refractivity contribution in [1.82, 2.24) is 4.90 Å². The summed E-state index contributed by atoms with van der Waals surface area (Å²) in [6, 6.07) is 0. The molecule has 0 bridgehead atoms. The highest BCUT2D eigenvalue weighted by Gasteiger charge is 2.32. The summed E-state index contributed by atoms with van der Waals surface area (Å²) in [4.78, 5) is 13.7. The molecule has 1 rings (SSSR count). The summed E-state index contributed by atoms with van der Waals surface area (Å²) in [5.41, 5.74) is -0.483. The minimum Gasteiger partial charge on any atom is -0.444 e. The van der Waals surface area contributed by atoms with Crippen molar-refractivity contribution in [2.45, 2.75) is 65.3 Å². The monoisotopic (exact) mass is 287 g/mol. The molecule has 2 unspecified atom stereocenters. The van der Waals surface area contributed by atoms with Gasteiger partial charge in [0.05, 0.1) is 12.2 Å². The minimum atomic E-state index is -0.483. The molecule has 5 heteroatoms. The number of piperidine rings is 1. The summed E-state index contributed by atoms with van der Waals surface area (Å²) in [6.07, 6.45) is 0.908. The predicted molar refractivity (Wildman–Crippen MR) is 77.6 cm³/mol. The van der Waals surface area contributed by atoms with E-state index in [0.717, 1.165) is 6.42 Å². The van der Waals surface area contributed by atoms with E-state index in [-0.39, 0.29) is 24.2 Å². The number of likely N-dealkylation sites (tertiary alicyclic amines) is 1. The van der Waals surface area contributed by atoms with E-state index >= 15 is 0 Å². The van der Waals surface area contributed by atoms with Gasteiger partial charge in [-0.25, -0.2) is 4.79 Å². The third-order valence-electron chi connectivity index (χ3n) is 3.29. The molecular formula is C15H29NO4. The van der Waals surface area contributed by atoms with E-state index < -0.39 is 5.60 Å². The number of nitrogens with zero attached hydrogens (tertiary/aromatic N) is 1. The molecular weight excluding hydrogens is 258 g/mol. The Morgan fingerprint density at radius 2 is 2.05 bits per heavy atom. The topological polar surface area (TPSA) is 59.0 Å². The Kier molecular flexibility index (Phi) is 6.27. The van der Waals surface area contributed by atoms with Crippen molar-refractivity contribution >= 4 is 6.09 Å². The van der Waals surface area contributed by atoms with Gasteiger partial charge < -0.3 is 19.5 Å². The van der Waals surface area contributed by atoms with Crippen LogP contribution in [0.2, 0.25) is 0 Å². The zero-order valence-corrected chi connectivity index (χ0v) is 13.4. The van der Waals surface area contributed by atoms with Crippen LogP contribution in [-0.4, -0.2) is 53.6 Å². The highest BCUT2D eigenvalue weighted by atomic mass is 16.6. The number of ether oxygens (including phenoxy) is 2. The maximum atomic E-state index is 12.0. The van der Waals surface area contributed by atoms with Crippen LogP contribution in [0.15, 0.2) is 0 Å². The van der Waals surface area contributed by atoms with Crippen molar-refractivity contribution in [1.29, 1.82) is 0 Å². The molecule has 2 atom stereocenters. The molecule has 0 aliphatic carbocycles. The first-order chi connectivity index (χ1) is 9.19. The van der Waals surface area contributed by atoms with Crippen molar-refractivity contribution < 1.29 is 19.4 Å². The number of hydrogen-bond donors (Lipinski definition) is 1. The molecule has 0 aromatic heterocycles. The molecule has 1 aliphatic rings. The van der Waals surface area contributed by atoms with Gasteiger partial charge in [0.1, 0.15) is 5.60 Å². The fourth-order valence-corrected chi connectivity index (χ4v) is 2.25. The largest absolute Gasteiger partial charge is 0.444 e. The Hall–Kier alpha value is -0.810. The number of aliphatic hydroxyl groups excluding tert-OH is 1. The van der Waals surface area contributed by atoms with E-state index in [0.29, 0.717) is 26.1 Å². The van der Waals surface area contributed by atoms with E-state index in [1.165, 1.54) is 0 Å². The summed E-state index contributed by atoms with van der Waals surface area (Å²) < 4.78 is 10.9. The number of carbonyl (C=O) groups excluding carboxylic acids is 1. The molecule has 1 fully saturated rings. The van der Waals surface area contributed by atoms with Crippen LogP contribution in [0.4, 0.5) is 4.79 Å². The maximum Gasteiger partial charge on any atom is 0.410 e. The molecule has 0 aromatic rings. The van der Waals surface area contributed by atoms with E-state index in [1.54, 1.807) is 4.90 Å². The summed E-state index contributed by atoms with van der Waals surface area (Å²) in [6.45, 7) is 11.3. The van der Waals surface area contributed by atoms with Crippen LogP contribution in [0.25, 0.3) is 0 Å². The molecule has 118 valence electrons. The molecule has 1 amide bonds. The van der Waals surface area contributed by atoms with Crippen molar-refractivity contribution in [2.75, 3.05) is 19.7 Å². The number of amides is 1. The first-order valence-electron chi connectivity index (χ1n) is 7.46. The number of hydrogen-bond acceptors (Lipinski definition) is 4. The second kappa shape index (κ2) is 7.27. The predicted octanol–water partition coefficient (Wildman–Crippen LogP) is 2.42. The number of rotatable bonds is 4. The van der Waals surface area contributed by atoms with Gasteiger partial charge in [0, 0.05) is 25.6 Å². The van der Waals surface area contributed by atoms with Crippen LogP contribution in [0.1, 0.15) is 47.5 Å². The minimum absolute atomic E-state index is 0.0648. The lowest BCUT2D eigenvalue weighted by Gasteiger charge is -2.37. The highest BCUT2D eigenvalue weighted by molar-refractivity contribution is 5.68. The van der Waals surface area contributed by atoms with Gasteiger partial charge in [-0.15, -0.1) is 0 Å². The lowest BCUT2D eigenvalue weighted by atomic mass is 9.92. The summed E-state index contributed by atoms with van der Waals surface area (Å²) in [5.74, 6) is 0.0648. The molecule has 1 saturated heterocycles. The average molecular weight is 287 g/mol. The van der Waals surface area contributed by atoms with E-state index in [1.807, 2.05) is 34.6 Å². The van der Waals surface area contributed by atoms with Crippen LogP contribution in [0.3, 0.4) is 0 Å². The van der Waals surface area contributed by atoms with Crippen LogP contribution < -0.4 is 0 Å². The van der Waals surface area contributed by atoms with Crippen molar-refractivity contribution in [3.05, 3.63) is 0 Å². The second-order valence-corrected chi connectivity index (χ2v) is 6.75. The highest BCUT2D eigenvalue weighted by Crippen LogP contribution is 2.22. The Bertz CT molecular complexity index is 311. The molecule has 20 heavy (non-hydrogen) atoms. The molecule has 1 N–H and O–H groups in total. The second-order valence-electron chi connectivity index (χ2n) is 6.75. The standard InChI is InChI=1S/C15H29NO4/c1-11(2)19-9-7-12-10-16(8-6-13(12)17)14(18)20-15(3,4)5/h11-13,17H,6-10H2,1-5H3. The third-order valence-corrected chi connectivity index (χ3v) is 3.29. The molecule has 0 aromatic carbocycles. The van der Waals surface area contributed by atoms with E-state index in [9.17, 15) is 9.90 Å². The fourth-order valence-electron chi connectivity index (χ4n) is 2.25. The Balaban J connectivity index is 2.46. The first-order valence-corrected chi connectivity index (χ1v) is 7.46. The van der Waals surface area contributed by atoms with E-state index in [2.05, 4.69) is 0 Å². The summed E-state index contributed by atoms with van der Waals surface area (Å²) in [5, 5.41) is 10.0. The van der Waals surface area contributed by atoms with Crippen LogP contribution >= 0.6 is 0 Å². The van der Waals surface area contributed by atoms with Crippen molar-refractivity contribution in [3.63, 3.8) is 0 Å². The smallest absolute Gasteiger partial charge is 0.410 e. The Morgan fingerprint density at radius 3 is 2.60 bits per heavy atom. The van der Waals surface area contributed by atoms with Gasteiger partial charge in [-0.1, -0.05) is 0 Å². The van der Waals surface area contributed by atoms with Gasteiger partial charge in [-0.05, 0) is 47.5 Å². The Morgan fingerprint density at radius 1 is 1.40 bits per heavy atom. The van der Waals surface area contributed by atoms with Gasteiger partial charge in [0.2, 0.25) is 0 Å². The Labute approximate surface area is 122 Å². The van der Waals surface area contributed by atoms with E-state index in [4.69, 9.17) is 9.47 Å². The van der Waals surface area contributed by atoms with Crippen molar-refractivity contribution in [3.8, 4) is 0 Å². The zero-order chi connectivity index (χ0) is 15.3. The number of aliphatic hydroxyl groups is 1. The maximum absolute atomic E-state index is 12.0. The van der Waals surface area contributed by atoms with Crippen LogP contribution in [0, 0.1) is 5.92 Å². The average Bonchev–Trinajstić information content (AvgIpc) is 2.28. The lowest BCUT2D eigenvalue weighted by Crippen LogP contribution is -2.48. The van der Waals surface area contributed by atoms with Crippen LogP contribution in [-0.2, 0) is 9.47 Å². The third kappa shape index (κ3) is 6.09. The quantitative estimate of drug-likeness (QED) is 0.862. The van der Waals surface area contributed by atoms with Gasteiger partial charge in [-0.2, -0.15) is 0 Å². The first kappa shape index (κ1) is 17.2. The van der Waals surface area contributed by atoms with Gasteiger partial charge in [-0.3, -0.25) is 0 Å². The normalized spacial score (nSPS) is 24.1. The van der Waals surface area contributed by atoms with Gasteiger partial charge in [0.25, 0.3) is 0 Å². The summed E-state index contributed by atoms with van der Waals surface area (Å²) >= 11 is 0. The zero-order valence-electron chi connectivity index (χ0n) is 13.4. The van der Waals surface area contributed by atoms with Crippen molar-refractivity contribution in [2.24, 2.45) is 5.92 Å². The molecule has 1 heterocycles. The SMILES string of the molecule is CC(C)OCCC1CN(C(=O)OC(C)(C)C)CCC1O. The van der Waals surface area contributed by atoms with Gasteiger partial charge >= 0.3 is 6.09 Å². The van der Waals surface area contributed by atoms with Gasteiger partial charge in [0.15, 0.2) is 0 Å².